The first-order valence-corrected chi connectivity index (χ1v) is 9.99. The van der Waals surface area contributed by atoms with Gasteiger partial charge in [0.15, 0.2) is 12.2 Å². The van der Waals surface area contributed by atoms with Crippen molar-refractivity contribution in [3.8, 4) is 11.3 Å². The number of nitrogens with zero attached hydrogens (tertiary/aromatic N) is 2. The van der Waals surface area contributed by atoms with Crippen molar-refractivity contribution in [3.63, 3.8) is 0 Å². The fraction of sp³-hybridized carbons (Fsp3) is 0. The molecule has 4 rings (SSSR count). The van der Waals surface area contributed by atoms with E-state index in [9.17, 15) is 4.79 Å². The van der Waals surface area contributed by atoms with Crippen LogP contribution in [0.1, 0.15) is 10.4 Å². The minimum Gasteiger partial charge on any atom is -0.444 e. The van der Waals surface area contributed by atoms with Crippen LogP contribution in [0.3, 0.4) is 0 Å². The Bertz CT molecular complexity index is 1100. The van der Waals surface area contributed by atoms with E-state index >= 15 is 0 Å². The van der Waals surface area contributed by atoms with Crippen LogP contribution >= 0.6 is 27.7 Å². The van der Waals surface area contributed by atoms with Gasteiger partial charge in [0.2, 0.25) is 0 Å². The van der Waals surface area contributed by atoms with E-state index in [4.69, 9.17) is 4.42 Å². The molecule has 0 radical (unpaired) electrons. The van der Waals surface area contributed by atoms with E-state index in [1.807, 2.05) is 54.6 Å². The maximum absolute atomic E-state index is 12.9. The Kier molecular flexibility index (Phi) is 5.55. The Morgan fingerprint density at radius 1 is 1.04 bits per heavy atom. The van der Waals surface area contributed by atoms with Gasteiger partial charge in [-0.05, 0) is 52.3 Å². The Hall–Kier alpha value is -2.90. The van der Waals surface area contributed by atoms with E-state index in [2.05, 4.69) is 31.2 Å². The highest BCUT2D eigenvalue weighted by molar-refractivity contribution is 9.10. The van der Waals surface area contributed by atoms with Gasteiger partial charge in [0.1, 0.15) is 5.03 Å². The predicted octanol–water partition coefficient (Wildman–Crippen LogP) is 5.90. The van der Waals surface area contributed by atoms with Gasteiger partial charge in [-0.2, -0.15) is 0 Å². The van der Waals surface area contributed by atoms with E-state index < -0.39 is 0 Å². The van der Waals surface area contributed by atoms with Gasteiger partial charge in [0.05, 0.1) is 11.8 Å². The molecule has 138 valence electrons. The van der Waals surface area contributed by atoms with Crippen molar-refractivity contribution in [2.75, 3.05) is 5.32 Å². The third-order valence-corrected chi connectivity index (χ3v) is 5.38. The number of oxazole rings is 1. The van der Waals surface area contributed by atoms with Crippen molar-refractivity contribution in [1.82, 2.24) is 9.97 Å². The van der Waals surface area contributed by atoms with Gasteiger partial charge in [-0.15, -0.1) is 0 Å². The summed E-state index contributed by atoms with van der Waals surface area (Å²) in [5, 5.41) is 3.77. The number of amides is 1. The summed E-state index contributed by atoms with van der Waals surface area (Å²) >= 11 is 4.83. The normalized spacial score (nSPS) is 10.6. The van der Waals surface area contributed by atoms with E-state index in [0.717, 1.165) is 20.0 Å². The first-order valence-electron chi connectivity index (χ1n) is 8.38. The second-order valence-corrected chi connectivity index (χ2v) is 7.79. The molecule has 0 saturated carbocycles. The molecule has 0 aliphatic rings. The largest absolute Gasteiger partial charge is 0.444 e. The zero-order valence-corrected chi connectivity index (χ0v) is 16.9. The molecule has 0 aliphatic heterocycles. The van der Waals surface area contributed by atoms with Crippen molar-refractivity contribution in [3.05, 3.63) is 89.5 Å². The Labute approximate surface area is 174 Å². The molecule has 4 aromatic rings. The van der Waals surface area contributed by atoms with Crippen molar-refractivity contribution in [1.29, 1.82) is 0 Å². The molecular weight excluding hydrogens is 438 g/mol. The quantitative estimate of drug-likeness (QED) is 0.408. The number of rotatable bonds is 5. The van der Waals surface area contributed by atoms with Gasteiger partial charge < -0.3 is 9.73 Å². The lowest BCUT2D eigenvalue weighted by molar-refractivity contribution is 0.102. The first kappa shape index (κ1) is 18.5. The van der Waals surface area contributed by atoms with Crippen molar-refractivity contribution in [2.45, 2.75) is 9.92 Å². The summed E-state index contributed by atoms with van der Waals surface area (Å²) in [4.78, 5) is 22.0. The molecule has 2 aromatic carbocycles. The highest BCUT2D eigenvalue weighted by atomic mass is 79.9. The first-order chi connectivity index (χ1) is 13.7. The Morgan fingerprint density at radius 3 is 2.71 bits per heavy atom. The van der Waals surface area contributed by atoms with E-state index in [1.165, 1.54) is 18.2 Å². The number of pyridine rings is 1. The molecule has 7 heteroatoms. The zero-order valence-electron chi connectivity index (χ0n) is 14.5. The fourth-order valence-corrected chi connectivity index (χ4v) is 3.70. The molecule has 0 fully saturated rings. The maximum Gasteiger partial charge on any atom is 0.256 e. The van der Waals surface area contributed by atoms with Crippen LogP contribution in [0.2, 0.25) is 0 Å². The second kappa shape index (κ2) is 8.41. The van der Waals surface area contributed by atoms with Crippen LogP contribution in [0.5, 0.6) is 0 Å². The summed E-state index contributed by atoms with van der Waals surface area (Å²) < 4.78 is 6.23. The smallest absolute Gasteiger partial charge is 0.256 e. The number of aromatic nitrogens is 2. The standard InChI is InChI=1S/C21H14BrN3O2S/c22-15-8-9-20(24-11-15)28-19-7-2-1-6-17(19)21(26)25-16-5-3-4-14(10-16)18-12-23-13-27-18/h1-13H,(H,25,26). The molecule has 2 heterocycles. The third-order valence-electron chi connectivity index (χ3n) is 3.88. The molecular formula is C21H14BrN3O2S. The average molecular weight is 452 g/mol. The zero-order chi connectivity index (χ0) is 19.3. The van der Waals surface area contributed by atoms with Crippen molar-refractivity contribution >= 4 is 39.3 Å². The Balaban J connectivity index is 1.56. The molecule has 0 aliphatic carbocycles. The van der Waals surface area contributed by atoms with Crippen LogP contribution < -0.4 is 5.32 Å². The predicted molar refractivity (Wildman–Crippen MR) is 112 cm³/mol. The Morgan fingerprint density at radius 2 is 1.93 bits per heavy atom. The second-order valence-electron chi connectivity index (χ2n) is 5.81. The summed E-state index contributed by atoms with van der Waals surface area (Å²) in [5.41, 5.74) is 2.11. The number of carbonyl (C=O) groups is 1. The number of hydrogen-bond donors (Lipinski definition) is 1. The highest BCUT2D eigenvalue weighted by Gasteiger charge is 2.13. The maximum atomic E-state index is 12.9. The van der Waals surface area contributed by atoms with Gasteiger partial charge in [-0.25, -0.2) is 9.97 Å². The minimum absolute atomic E-state index is 0.185. The summed E-state index contributed by atoms with van der Waals surface area (Å²) in [6.45, 7) is 0. The lowest BCUT2D eigenvalue weighted by Crippen LogP contribution is -2.13. The number of benzene rings is 2. The SMILES string of the molecule is O=C(Nc1cccc(-c2cnco2)c1)c1ccccc1Sc1ccc(Br)cn1. The number of nitrogens with one attached hydrogen (secondary N) is 1. The molecule has 5 nitrogen and oxygen atoms in total. The van der Waals surface area contributed by atoms with Crippen LogP contribution in [0.15, 0.2) is 98.3 Å². The molecule has 0 spiro atoms. The number of halogens is 1. The van der Waals surface area contributed by atoms with Crippen molar-refractivity contribution < 1.29 is 9.21 Å². The van der Waals surface area contributed by atoms with Gasteiger partial charge >= 0.3 is 0 Å². The lowest BCUT2D eigenvalue weighted by atomic mass is 10.1. The van der Waals surface area contributed by atoms with E-state index in [1.54, 1.807) is 18.5 Å². The van der Waals surface area contributed by atoms with Gasteiger partial charge in [0, 0.05) is 26.8 Å². The van der Waals surface area contributed by atoms with Gasteiger partial charge in [-0.1, -0.05) is 36.0 Å². The topological polar surface area (TPSA) is 68.0 Å². The van der Waals surface area contributed by atoms with Gasteiger partial charge in [0.25, 0.3) is 5.91 Å². The van der Waals surface area contributed by atoms with Crippen LogP contribution in [0, 0.1) is 0 Å². The van der Waals surface area contributed by atoms with Crippen LogP contribution in [0.4, 0.5) is 5.69 Å². The van der Waals surface area contributed by atoms with Crippen LogP contribution in [-0.4, -0.2) is 15.9 Å². The van der Waals surface area contributed by atoms with Crippen molar-refractivity contribution in [2.24, 2.45) is 0 Å². The molecule has 0 bridgehead atoms. The monoisotopic (exact) mass is 451 g/mol. The van der Waals surface area contributed by atoms with E-state index in [0.29, 0.717) is 17.0 Å². The number of carbonyl (C=O) groups excluding carboxylic acids is 1. The van der Waals surface area contributed by atoms with Crippen LogP contribution in [0.25, 0.3) is 11.3 Å². The molecule has 0 saturated heterocycles. The average Bonchev–Trinajstić information content (AvgIpc) is 3.25. The summed E-state index contributed by atoms with van der Waals surface area (Å²) in [6, 6.07) is 18.7. The third kappa shape index (κ3) is 4.32. The number of hydrogen-bond acceptors (Lipinski definition) is 5. The highest BCUT2D eigenvalue weighted by Crippen LogP contribution is 2.30. The molecule has 0 atom stereocenters. The number of anilines is 1. The van der Waals surface area contributed by atoms with E-state index in [-0.39, 0.29) is 5.91 Å². The molecule has 28 heavy (non-hydrogen) atoms. The minimum atomic E-state index is -0.185. The molecule has 2 aromatic heterocycles. The lowest BCUT2D eigenvalue weighted by Gasteiger charge is -2.10. The molecule has 1 N–H and O–H groups in total. The summed E-state index contributed by atoms with van der Waals surface area (Å²) in [5.74, 6) is 0.461. The fourth-order valence-electron chi connectivity index (χ4n) is 2.59. The van der Waals surface area contributed by atoms with Crippen LogP contribution in [-0.2, 0) is 0 Å². The summed E-state index contributed by atoms with van der Waals surface area (Å²) in [6.07, 6.45) is 4.75. The van der Waals surface area contributed by atoms with Gasteiger partial charge in [-0.3, -0.25) is 4.79 Å². The molecule has 1 amide bonds. The molecule has 0 unspecified atom stereocenters. The summed E-state index contributed by atoms with van der Waals surface area (Å²) in [7, 11) is 0.